The summed E-state index contributed by atoms with van der Waals surface area (Å²) in [5.41, 5.74) is -0.558. The molecule has 2 N–H and O–H groups in total. The van der Waals surface area contributed by atoms with Crippen molar-refractivity contribution < 1.29 is 38.8 Å². The van der Waals surface area contributed by atoms with Gasteiger partial charge in [-0.05, 0) is 38.5 Å². The fraction of sp³-hybridized carbons (Fsp3) is 0.476. The van der Waals surface area contributed by atoms with Gasteiger partial charge >= 0.3 is 17.9 Å². The van der Waals surface area contributed by atoms with Crippen molar-refractivity contribution in [3.8, 4) is 0 Å². The number of fused-ring (bicyclic) bond motifs is 1. The Morgan fingerprint density at radius 3 is 2.52 bits per heavy atom. The number of esters is 3. The topological polar surface area (TPSA) is 119 Å². The zero-order valence-electron chi connectivity index (χ0n) is 17.0. The van der Waals surface area contributed by atoms with Crippen LogP contribution in [-0.4, -0.2) is 52.5 Å². The Balaban J connectivity index is 2.62. The van der Waals surface area contributed by atoms with Gasteiger partial charge < -0.3 is 24.4 Å². The average Bonchev–Trinajstić information content (AvgIpc) is 2.86. The molecule has 29 heavy (non-hydrogen) atoms. The van der Waals surface area contributed by atoms with Crippen molar-refractivity contribution >= 4 is 17.9 Å². The molecular formula is C21H26O8. The number of hydrogen-bond acceptors (Lipinski definition) is 8. The van der Waals surface area contributed by atoms with Crippen molar-refractivity contribution in [3.63, 3.8) is 0 Å². The number of carbonyl (C=O) groups excluding carboxylic acids is 3. The first-order valence-electron chi connectivity index (χ1n) is 9.16. The predicted molar refractivity (Wildman–Crippen MR) is 102 cm³/mol. The van der Waals surface area contributed by atoms with E-state index in [0.717, 1.165) is 0 Å². The summed E-state index contributed by atoms with van der Waals surface area (Å²) in [5, 5.41) is 20.7. The second-order valence-electron chi connectivity index (χ2n) is 7.59. The minimum Gasteiger partial charge on any atom is -0.458 e. The van der Waals surface area contributed by atoms with Crippen LogP contribution in [0.25, 0.3) is 0 Å². The van der Waals surface area contributed by atoms with E-state index in [1.807, 2.05) is 0 Å². The van der Waals surface area contributed by atoms with Crippen LogP contribution in [0.2, 0.25) is 0 Å². The third-order valence-electron chi connectivity index (χ3n) is 4.51. The van der Waals surface area contributed by atoms with Crippen LogP contribution in [0, 0.1) is 0 Å². The molecule has 1 aliphatic heterocycles. The Hall–Kier alpha value is -2.71. The van der Waals surface area contributed by atoms with E-state index in [2.05, 4.69) is 6.58 Å². The minimum absolute atomic E-state index is 0.0325. The highest BCUT2D eigenvalue weighted by Gasteiger charge is 2.41. The second kappa shape index (κ2) is 8.75. The zero-order chi connectivity index (χ0) is 21.9. The molecule has 0 fully saturated rings. The molecular weight excluding hydrogens is 380 g/mol. The molecule has 8 nitrogen and oxygen atoms in total. The van der Waals surface area contributed by atoms with Crippen molar-refractivity contribution in [1.82, 2.24) is 0 Å². The summed E-state index contributed by atoms with van der Waals surface area (Å²) in [7, 11) is 0. The van der Waals surface area contributed by atoms with Gasteiger partial charge in [0.25, 0.3) is 0 Å². The monoisotopic (exact) mass is 406 g/mol. The lowest BCUT2D eigenvalue weighted by Gasteiger charge is -2.32. The number of ether oxygens (including phenoxy) is 3. The van der Waals surface area contributed by atoms with Crippen LogP contribution in [0.15, 0.2) is 46.8 Å². The van der Waals surface area contributed by atoms with E-state index >= 15 is 0 Å². The number of aliphatic hydroxyl groups is 2. The molecule has 8 heteroatoms. The summed E-state index contributed by atoms with van der Waals surface area (Å²) < 4.78 is 16.0. The highest BCUT2D eigenvalue weighted by atomic mass is 16.6. The van der Waals surface area contributed by atoms with Crippen LogP contribution in [0.5, 0.6) is 0 Å². The number of rotatable bonds is 4. The van der Waals surface area contributed by atoms with Gasteiger partial charge in [-0.15, -0.1) is 0 Å². The van der Waals surface area contributed by atoms with Gasteiger partial charge in [-0.2, -0.15) is 0 Å². The maximum Gasteiger partial charge on any atom is 0.342 e. The fourth-order valence-corrected chi connectivity index (χ4v) is 3.33. The summed E-state index contributed by atoms with van der Waals surface area (Å²) in [6.45, 7) is 8.88. The Kier molecular flexibility index (Phi) is 6.81. The Morgan fingerprint density at radius 2 is 1.97 bits per heavy atom. The molecule has 0 saturated carbocycles. The smallest absolute Gasteiger partial charge is 0.342 e. The van der Waals surface area contributed by atoms with E-state index in [1.54, 1.807) is 13.0 Å². The number of carbonyl (C=O) groups is 3. The molecule has 0 amide bonds. The molecule has 158 valence electrons. The highest BCUT2D eigenvalue weighted by Crippen LogP contribution is 2.37. The van der Waals surface area contributed by atoms with Crippen molar-refractivity contribution in [1.29, 1.82) is 0 Å². The summed E-state index contributed by atoms with van der Waals surface area (Å²) in [6, 6.07) is 0. The molecule has 0 aromatic carbocycles. The van der Waals surface area contributed by atoms with Gasteiger partial charge in [0.05, 0.1) is 17.8 Å². The van der Waals surface area contributed by atoms with E-state index in [-0.39, 0.29) is 35.3 Å². The maximum atomic E-state index is 12.2. The SMILES string of the molecule is C=C(C)C(=O)O[C@@H]1C[C@@](C)(O)C[C@H](OC(C)=O)/C=C(C)/C=C2/OC(=O)C(CO)=C21. The van der Waals surface area contributed by atoms with Crippen LogP contribution >= 0.6 is 0 Å². The minimum atomic E-state index is -1.45. The van der Waals surface area contributed by atoms with Crippen molar-refractivity contribution in [3.05, 3.63) is 46.8 Å². The first kappa shape index (κ1) is 22.6. The van der Waals surface area contributed by atoms with Crippen LogP contribution in [0.3, 0.4) is 0 Å². The normalized spacial score (nSPS) is 30.9. The van der Waals surface area contributed by atoms with E-state index in [1.165, 1.54) is 26.8 Å². The van der Waals surface area contributed by atoms with Crippen LogP contribution in [-0.2, 0) is 28.6 Å². The lowest BCUT2D eigenvalue weighted by Crippen LogP contribution is -2.38. The first-order valence-corrected chi connectivity index (χ1v) is 9.16. The molecule has 0 unspecified atom stereocenters. The van der Waals surface area contributed by atoms with E-state index in [9.17, 15) is 24.6 Å². The third-order valence-corrected chi connectivity index (χ3v) is 4.51. The Morgan fingerprint density at radius 1 is 1.31 bits per heavy atom. The lowest BCUT2D eigenvalue weighted by atomic mass is 9.86. The van der Waals surface area contributed by atoms with Gasteiger partial charge in [0.2, 0.25) is 0 Å². The van der Waals surface area contributed by atoms with Gasteiger partial charge in [-0.1, -0.05) is 6.58 Å². The third kappa shape index (κ3) is 5.65. The first-order chi connectivity index (χ1) is 13.4. The van der Waals surface area contributed by atoms with Crippen LogP contribution < -0.4 is 0 Å². The highest BCUT2D eigenvalue weighted by molar-refractivity contribution is 5.95. The molecule has 1 aliphatic carbocycles. The molecule has 0 aromatic rings. The molecule has 0 aromatic heterocycles. The molecule has 0 saturated heterocycles. The summed E-state index contributed by atoms with van der Waals surface area (Å²) in [6.07, 6.45) is 1.25. The van der Waals surface area contributed by atoms with E-state index in [4.69, 9.17) is 14.2 Å². The number of hydrogen-bond donors (Lipinski definition) is 2. The Labute approximate surface area is 169 Å². The molecule has 2 rings (SSSR count). The van der Waals surface area contributed by atoms with Crippen molar-refractivity contribution in [2.75, 3.05) is 6.61 Å². The van der Waals surface area contributed by atoms with Gasteiger partial charge in [0.1, 0.15) is 18.0 Å². The molecule has 3 atom stereocenters. The van der Waals surface area contributed by atoms with Crippen molar-refractivity contribution in [2.24, 2.45) is 0 Å². The number of aliphatic hydroxyl groups excluding tert-OH is 1. The molecule has 0 spiro atoms. The van der Waals surface area contributed by atoms with E-state index in [0.29, 0.717) is 5.57 Å². The zero-order valence-corrected chi connectivity index (χ0v) is 17.0. The van der Waals surface area contributed by atoms with Crippen LogP contribution in [0.4, 0.5) is 0 Å². The molecule has 0 radical (unpaired) electrons. The van der Waals surface area contributed by atoms with Gasteiger partial charge in [0.15, 0.2) is 0 Å². The molecule has 2 aliphatic rings. The standard InChI is InChI=1S/C21H26O8/c1-11(2)19(24)29-17-9-21(5,26)8-14(27-13(4)23)6-12(3)7-16-18(17)15(10-22)20(25)28-16/h6-7,14,17,22,26H,1,8-10H2,2-5H3/b12-6+,16-7+/t14-,17-,21+/m1/s1. The second-order valence-corrected chi connectivity index (χ2v) is 7.59. The van der Waals surface area contributed by atoms with E-state index < -0.39 is 42.3 Å². The summed E-state index contributed by atoms with van der Waals surface area (Å²) in [5.74, 6) is -1.88. The largest absolute Gasteiger partial charge is 0.458 e. The molecule has 1 heterocycles. The summed E-state index contributed by atoms with van der Waals surface area (Å²) in [4.78, 5) is 35.9. The summed E-state index contributed by atoms with van der Waals surface area (Å²) >= 11 is 0. The Bertz CT molecular complexity index is 828. The quantitative estimate of drug-likeness (QED) is 0.411. The molecule has 0 bridgehead atoms. The van der Waals surface area contributed by atoms with Gasteiger partial charge in [-0.25, -0.2) is 9.59 Å². The maximum absolute atomic E-state index is 12.2. The van der Waals surface area contributed by atoms with Crippen molar-refractivity contribution in [2.45, 2.75) is 58.3 Å². The lowest BCUT2D eigenvalue weighted by molar-refractivity contribution is -0.148. The van der Waals surface area contributed by atoms with Gasteiger partial charge in [-0.3, -0.25) is 4.79 Å². The predicted octanol–water partition coefficient (Wildman–Crippen LogP) is 1.63. The fourth-order valence-electron chi connectivity index (χ4n) is 3.33. The number of allylic oxidation sites excluding steroid dienone is 2. The average molecular weight is 406 g/mol. The van der Waals surface area contributed by atoms with Crippen LogP contribution in [0.1, 0.15) is 40.5 Å². The van der Waals surface area contributed by atoms with Gasteiger partial charge in [0, 0.05) is 30.9 Å².